The van der Waals surface area contributed by atoms with Gasteiger partial charge in [0.15, 0.2) is 11.7 Å². The van der Waals surface area contributed by atoms with Gasteiger partial charge in [-0.2, -0.15) is 5.10 Å². The third kappa shape index (κ3) is 5.21. The zero-order valence-corrected chi connectivity index (χ0v) is 19.3. The molecule has 0 saturated carbocycles. The number of H-pyrrole nitrogens is 1. The van der Waals surface area contributed by atoms with Gasteiger partial charge in [0.25, 0.3) is 0 Å². The van der Waals surface area contributed by atoms with E-state index in [0.29, 0.717) is 31.1 Å². The van der Waals surface area contributed by atoms with Crippen LogP contribution in [0, 0.1) is 0 Å². The number of aliphatic imine (C=N–C) groups is 1. The summed E-state index contributed by atoms with van der Waals surface area (Å²) < 4.78 is 11.2. The van der Waals surface area contributed by atoms with Crippen molar-refractivity contribution in [2.24, 2.45) is 4.99 Å². The summed E-state index contributed by atoms with van der Waals surface area (Å²) in [4.78, 5) is 11.2. The molecule has 3 heterocycles. The summed E-state index contributed by atoms with van der Waals surface area (Å²) in [6.07, 6.45) is 2.26. The maximum absolute atomic E-state index is 5.92. The molecule has 8 nitrogen and oxygen atoms in total. The van der Waals surface area contributed by atoms with E-state index in [2.05, 4.69) is 44.5 Å². The van der Waals surface area contributed by atoms with E-state index in [1.165, 1.54) is 0 Å². The van der Waals surface area contributed by atoms with E-state index in [-0.39, 0.29) is 24.0 Å². The molecule has 0 aliphatic rings. The zero-order chi connectivity index (χ0) is 20.1. The lowest BCUT2D eigenvalue weighted by Crippen LogP contribution is -2.38. The Kier molecular flexibility index (Phi) is 7.50. The Morgan fingerprint density at radius 2 is 2.10 bits per heavy atom. The topological polar surface area (TPSA) is 95.5 Å². The minimum absolute atomic E-state index is 0. The van der Waals surface area contributed by atoms with E-state index in [1.807, 2.05) is 37.4 Å². The summed E-state index contributed by atoms with van der Waals surface area (Å²) in [5, 5.41) is 11.6. The zero-order valence-electron chi connectivity index (χ0n) is 17.0. The van der Waals surface area contributed by atoms with Gasteiger partial charge in [-0.25, -0.2) is 4.98 Å². The van der Waals surface area contributed by atoms with Gasteiger partial charge in [0.05, 0.1) is 12.8 Å². The molecule has 0 aliphatic heterocycles. The first-order chi connectivity index (χ1) is 14.2. The molecule has 158 valence electrons. The van der Waals surface area contributed by atoms with E-state index in [9.17, 15) is 0 Å². The van der Waals surface area contributed by atoms with Crippen molar-refractivity contribution in [3.05, 3.63) is 60.3 Å². The maximum Gasteiger partial charge on any atom is 0.216 e. The Hall–Kier alpha value is -2.82. The predicted octanol–water partition coefficient (Wildman–Crippen LogP) is 4.07. The van der Waals surface area contributed by atoms with Crippen molar-refractivity contribution in [2.75, 3.05) is 20.1 Å². The van der Waals surface area contributed by atoms with Gasteiger partial charge < -0.3 is 19.1 Å². The Morgan fingerprint density at radius 3 is 2.87 bits per heavy atom. The van der Waals surface area contributed by atoms with Crippen LogP contribution >= 0.6 is 24.0 Å². The molecule has 0 unspecified atom stereocenters. The normalized spacial score (nSPS) is 11.5. The molecule has 0 atom stereocenters. The van der Waals surface area contributed by atoms with Crippen LogP contribution < -0.4 is 5.32 Å². The fourth-order valence-corrected chi connectivity index (χ4v) is 3.08. The van der Waals surface area contributed by atoms with Crippen LogP contribution in [0.25, 0.3) is 22.6 Å². The number of hydrogen-bond donors (Lipinski definition) is 2. The van der Waals surface area contributed by atoms with Crippen LogP contribution in [-0.2, 0) is 13.0 Å². The first-order valence-electron chi connectivity index (χ1n) is 9.65. The van der Waals surface area contributed by atoms with Crippen molar-refractivity contribution in [3.8, 4) is 11.6 Å². The minimum Gasteiger partial charge on any atom is -0.461 e. The molecule has 1 aromatic carbocycles. The van der Waals surface area contributed by atoms with Crippen LogP contribution in [0.4, 0.5) is 0 Å². The number of nitrogens with one attached hydrogen (secondary N) is 2. The van der Waals surface area contributed by atoms with Crippen LogP contribution in [0.15, 0.2) is 62.6 Å². The number of nitrogens with zero attached hydrogens (tertiary/aromatic N) is 4. The monoisotopic (exact) mass is 520 g/mol. The molecule has 4 aromatic rings. The average molecular weight is 520 g/mol. The lowest BCUT2D eigenvalue weighted by atomic mass is 10.2. The summed E-state index contributed by atoms with van der Waals surface area (Å²) >= 11 is 0. The summed E-state index contributed by atoms with van der Waals surface area (Å²) in [6, 6.07) is 13.7. The quantitative estimate of drug-likeness (QED) is 0.217. The molecule has 0 aliphatic carbocycles. The van der Waals surface area contributed by atoms with E-state index in [0.717, 1.165) is 35.1 Å². The van der Waals surface area contributed by atoms with Crippen molar-refractivity contribution in [1.29, 1.82) is 0 Å². The standard InChI is InChI=1S/C21H24N6O2.HI/c1-3-22-21(27(2)14-16-13-15-7-4-5-8-17(15)29-16)23-11-10-19-24-20(26-25-19)18-9-6-12-28-18;/h4-9,12-13H,3,10-11,14H2,1-2H3,(H,22,23)(H,24,25,26);1H. The second kappa shape index (κ2) is 10.3. The Bertz CT molecular complexity index is 1050. The van der Waals surface area contributed by atoms with E-state index >= 15 is 0 Å². The summed E-state index contributed by atoms with van der Waals surface area (Å²) in [7, 11) is 2.00. The first-order valence-corrected chi connectivity index (χ1v) is 9.65. The smallest absolute Gasteiger partial charge is 0.216 e. The predicted molar refractivity (Wildman–Crippen MR) is 127 cm³/mol. The molecule has 0 bridgehead atoms. The highest BCUT2D eigenvalue weighted by molar-refractivity contribution is 14.0. The fourth-order valence-electron chi connectivity index (χ4n) is 3.08. The minimum atomic E-state index is 0. The lowest BCUT2D eigenvalue weighted by Gasteiger charge is -2.20. The highest BCUT2D eigenvalue weighted by atomic mass is 127. The summed E-state index contributed by atoms with van der Waals surface area (Å²) in [6.45, 7) is 4.05. The first kappa shape index (κ1) is 21.9. The number of benzene rings is 1. The van der Waals surface area contributed by atoms with Gasteiger partial charge in [0, 0.05) is 31.9 Å². The lowest BCUT2D eigenvalue weighted by molar-refractivity contribution is 0.412. The van der Waals surface area contributed by atoms with Crippen molar-refractivity contribution < 1.29 is 8.83 Å². The number of rotatable bonds is 7. The Balaban J connectivity index is 0.00000256. The van der Waals surface area contributed by atoms with Crippen molar-refractivity contribution in [3.63, 3.8) is 0 Å². The van der Waals surface area contributed by atoms with Gasteiger partial charge in [-0.1, -0.05) is 18.2 Å². The van der Waals surface area contributed by atoms with Crippen LogP contribution in [0.1, 0.15) is 18.5 Å². The molecule has 0 radical (unpaired) electrons. The number of fused-ring (bicyclic) bond motifs is 1. The number of para-hydroxylation sites is 1. The van der Waals surface area contributed by atoms with Gasteiger partial charge >= 0.3 is 0 Å². The number of aromatic amines is 1. The van der Waals surface area contributed by atoms with Crippen molar-refractivity contribution >= 4 is 40.9 Å². The molecular formula is C21H25IN6O2. The Labute approximate surface area is 191 Å². The molecular weight excluding hydrogens is 495 g/mol. The number of furan rings is 2. The molecule has 30 heavy (non-hydrogen) atoms. The highest BCUT2D eigenvalue weighted by Gasteiger charge is 2.11. The van der Waals surface area contributed by atoms with E-state index < -0.39 is 0 Å². The fraction of sp³-hybridized carbons (Fsp3) is 0.286. The van der Waals surface area contributed by atoms with E-state index in [4.69, 9.17) is 13.8 Å². The number of hydrogen-bond acceptors (Lipinski definition) is 5. The van der Waals surface area contributed by atoms with Gasteiger partial charge in [0.2, 0.25) is 5.82 Å². The Morgan fingerprint density at radius 1 is 1.23 bits per heavy atom. The number of halogens is 1. The van der Waals surface area contributed by atoms with Gasteiger partial charge in [-0.3, -0.25) is 10.1 Å². The molecule has 0 saturated heterocycles. The third-order valence-electron chi connectivity index (χ3n) is 4.45. The maximum atomic E-state index is 5.92. The van der Waals surface area contributed by atoms with E-state index in [1.54, 1.807) is 6.26 Å². The van der Waals surface area contributed by atoms with Gasteiger partial charge in [-0.15, -0.1) is 24.0 Å². The van der Waals surface area contributed by atoms with Crippen LogP contribution in [-0.4, -0.2) is 46.2 Å². The van der Waals surface area contributed by atoms with Crippen molar-refractivity contribution in [1.82, 2.24) is 25.4 Å². The molecule has 0 spiro atoms. The van der Waals surface area contributed by atoms with Gasteiger partial charge in [-0.05, 0) is 31.2 Å². The average Bonchev–Trinajstić information content (AvgIpc) is 3.46. The van der Waals surface area contributed by atoms with Crippen LogP contribution in [0.5, 0.6) is 0 Å². The molecule has 2 N–H and O–H groups in total. The third-order valence-corrected chi connectivity index (χ3v) is 4.45. The SMILES string of the molecule is CCNC(=NCCc1nc(-c2ccco2)n[nH]1)N(C)Cc1cc2ccccc2o1.I. The van der Waals surface area contributed by atoms with Crippen LogP contribution in [0.3, 0.4) is 0 Å². The second-order valence-electron chi connectivity index (χ2n) is 6.68. The van der Waals surface area contributed by atoms with Gasteiger partial charge in [0.1, 0.15) is 17.2 Å². The highest BCUT2D eigenvalue weighted by Crippen LogP contribution is 2.19. The molecule has 0 amide bonds. The van der Waals surface area contributed by atoms with Crippen LogP contribution in [0.2, 0.25) is 0 Å². The summed E-state index contributed by atoms with van der Waals surface area (Å²) in [5.74, 6) is 3.70. The molecule has 9 heteroatoms. The molecule has 0 fully saturated rings. The number of guanidine groups is 1. The largest absolute Gasteiger partial charge is 0.461 e. The summed E-state index contributed by atoms with van der Waals surface area (Å²) in [5.41, 5.74) is 0.899. The molecule has 4 rings (SSSR count). The van der Waals surface area contributed by atoms with Crippen molar-refractivity contribution in [2.45, 2.75) is 19.9 Å². The molecule has 3 aromatic heterocycles. The second-order valence-corrected chi connectivity index (χ2v) is 6.68. The number of aromatic nitrogens is 3.